The number of anilines is 2. The van der Waals surface area contributed by atoms with E-state index in [9.17, 15) is 9.59 Å². The number of rotatable bonds is 8. The Kier molecular flexibility index (Phi) is 7.95. The van der Waals surface area contributed by atoms with E-state index in [-0.39, 0.29) is 12.0 Å². The average Bonchev–Trinajstić information content (AvgIpc) is 2.53. The van der Waals surface area contributed by atoms with Gasteiger partial charge in [-0.2, -0.15) is 17.0 Å². The molecule has 1 rings (SSSR count). The monoisotopic (exact) mass is 368 g/mol. The summed E-state index contributed by atoms with van der Waals surface area (Å²) in [6.07, 6.45) is 3.26. The average molecular weight is 369 g/mol. The van der Waals surface area contributed by atoms with Crippen LogP contribution in [0.3, 0.4) is 0 Å². The van der Waals surface area contributed by atoms with Gasteiger partial charge >= 0.3 is 5.97 Å². The van der Waals surface area contributed by atoms with Crippen molar-refractivity contribution in [2.75, 3.05) is 23.1 Å². The SMILES string of the molecule is CSCCC(NC(=O)/C(C#N)=C\Nc1ccc(N)cc1Cl)C(=O)O. The Balaban J connectivity index is 2.81. The number of hydrogen-bond donors (Lipinski definition) is 4. The van der Waals surface area contributed by atoms with Crippen molar-refractivity contribution in [2.45, 2.75) is 12.5 Å². The van der Waals surface area contributed by atoms with E-state index in [2.05, 4.69) is 10.6 Å². The summed E-state index contributed by atoms with van der Waals surface area (Å²) >= 11 is 7.45. The van der Waals surface area contributed by atoms with Gasteiger partial charge in [-0.25, -0.2) is 4.79 Å². The van der Waals surface area contributed by atoms with Crippen LogP contribution in [0.1, 0.15) is 6.42 Å². The highest BCUT2D eigenvalue weighted by Crippen LogP contribution is 2.24. The van der Waals surface area contributed by atoms with E-state index >= 15 is 0 Å². The van der Waals surface area contributed by atoms with Gasteiger partial charge in [-0.3, -0.25) is 4.79 Å². The molecule has 0 spiro atoms. The molecule has 0 radical (unpaired) electrons. The number of benzene rings is 1. The highest BCUT2D eigenvalue weighted by atomic mass is 35.5. The molecule has 1 aromatic carbocycles. The van der Waals surface area contributed by atoms with Crippen molar-refractivity contribution in [3.63, 3.8) is 0 Å². The molecule has 1 amide bonds. The molecule has 0 aliphatic heterocycles. The lowest BCUT2D eigenvalue weighted by Gasteiger charge is -2.13. The molecule has 128 valence electrons. The van der Waals surface area contributed by atoms with Gasteiger partial charge in [0.1, 0.15) is 17.7 Å². The Morgan fingerprint density at radius 1 is 1.54 bits per heavy atom. The smallest absolute Gasteiger partial charge is 0.326 e. The molecule has 0 aliphatic rings. The lowest BCUT2D eigenvalue weighted by Crippen LogP contribution is -2.41. The maximum absolute atomic E-state index is 12.0. The molecule has 1 unspecified atom stereocenters. The third kappa shape index (κ3) is 6.02. The highest BCUT2D eigenvalue weighted by molar-refractivity contribution is 7.98. The van der Waals surface area contributed by atoms with E-state index in [0.717, 1.165) is 0 Å². The molecule has 0 aromatic heterocycles. The second-order valence-corrected chi connectivity index (χ2v) is 6.09. The molecule has 1 aromatic rings. The second kappa shape index (κ2) is 9.70. The number of nitrogens with two attached hydrogens (primary N) is 1. The number of nitriles is 1. The molecule has 0 saturated heterocycles. The minimum Gasteiger partial charge on any atom is -0.480 e. The summed E-state index contributed by atoms with van der Waals surface area (Å²) in [4.78, 5) is 23.2. The van der Waals surface area contributed by atoms with Crippen LogP contribution in [0.5, 0.6) is 0 Å². The van der Waals surface area contributed by atoms with E-state index in [1.807, 2.05) is 6.26 Å². The molecule has 0 heterocycles. The summed E-state index contributed by atoms with van der Waals surface area (Å²) in [6.45, 7) is 0. The van der Waals surface area contributed by atoms with Crippen LogP contribution in [0.25, 0.3) is 0 Å². The van der Waals surface area contributed by atoms with Crippen LogP contribution in [0.4, 0.5) is 11.4 Å². The van der Waals surface area contributed by atoms with Crippen molar-refractivity contribution >= 4 is 46.6 Å². The Labute approximate surface area is 148 Å². The maximum atomic E-state index is 12.0. The van der Waals surface area contributed by atoms with Crippen LogP contribution in [0, 0.1) is 11.3 Å². The number of carboxylic acids is 1. The Morgan fingerprint density at radius 3 is 2.79 bits per heavy atom. The zero-order valence-electron chi connectivity index (χ0n) is 12.9. The molecule has 5 N–H and O–H groups in total. The van der Waals surface area contributed by atoms with Crippen LogP contribution < -0.4 is 16.4 Å². The molecule has 7 nitrogen and oxygen atoms in total. The summed E-state index contributed by atoms with van der Waals surface area (Å²) in [5.41, 5.74) is 6.25. The van der Waals surface area contributed by atoms with Crippen molar-refractivity contribution in [1.82, 2.24) is 5.32 Å². The third-order valence-corrected chi connectivity index (χ3v) is 3.90. The number of nitrogens with one attached hydrogen (secondary N) is 2. The number of carbonyl (C=O) groups is 2. The number of amides is 1. The molecular weight excluding hydrogens is 352 g/mol. The van der Waals surface area contributed by atoms with Gasteiger partial charge in [-0.15, -0.1) is 0 Å². The van der Waals surface area contributed by atoms with Crippen LogP contribution in [0.2, 0.25) is 5.02 Å². The third-order valence-electron chi connectivity index (χ3n) is 2.94. The van der Waals surface area contributed by atoms with Gasteiger partial charge in [0.05, 0.1) is 10.7 Å². The molecule has 9 heteroatoms. The summed E-state index contributed by atoms with van der Waals surface area (Å²) in [6, 6.07) is 5.40. The highest BCUT2D eigenvalue weighted by Gasteiger charge is 2.21. The van der Waals surface area contributed by atoms with Gasteiger partial charge in [0.15, 0.2) is 0 Å². The summed E-state index contributed by atoms with van der Waals surface area (Å²) < 4.78 is 0. The second-order valence-electron chi connectivity index (χ2n) is 4.70. The van der Waals surface area contributed by atoms with E-state index in [4.69, 9.17) is 27.7 Å². The van der Waals surface area contributed by atoms with Crippen LogP contribution in [0.15, 0.2) is 30.0 Å². The first-order chi connectivity index (χ1) is 11.4. The minimum atomic E-state index is -1.15. The van der Waals surface area contributed by atoms with Crippen molar-refractivity contribution < 1.29 is 14.7 Å². The topological polar surface area (TPSA) is 128 Å². The van der Waals surface area contributed by atoms with Gasteiger partial charge in [0.2, 0.25) is 0 Å². The lowest BCUT2D eigenvalue weighted by molar-refractivity contribution is -0.141. The van der Waals surface area contributed by atoms with E-state index in [1.54, 1.807) is 18.2 Å². The number of hydrogen-bond acceptors (Lipinski definition) is 6. The number of carboxylic acid groups (broad SMARTS) is 1. The van der Waals surface area contributed by atoms with Gasteiger partial charge in [-0.05, 0) is 36.6 Å². The van der Waals surface area contributed by atoms with Crippen molar-refractivity contribution in [3.05, 3.63) is 35.0 Å². The van der Waals surface area contributed by atoms with Crippen LogP contribution >= 0.6 is 23.4 Å². The van der Waals surface area contributed by atoms with Crippen molar-refractivity contribution in [1.29, 1.82) is 5.26 Å². The molecule has 0 bridgehead atoms. The minimum absolute atomic E-state index is 0.262. The molecule has 0 fully saturated rings. The molecule has 1 atom stereocenters. The largest absolute Gasteiger partial charge is 0.480 e. The number of carbonyl (C=O) groups excluding carboxylic acids is 1. The molecule has 0 aliphatic carbocycles. The Hall–Kier alpha value is -2.37. The Morgan fingerprint density at radius 2 is 2.25 bits per heavy atom. The first kappa shape index (κ1) is 19.7. The zero-order valence-corrected chi connectivity index (χ0v) is 14.4. The molecule has 24 heavy (non-hydrogen) atoms. The number of thioether (sulfide) groups is 1. The summed E-state index contributed by atoms with van der Waals surface area (Å²) in [7, 11) is 0. The number of nitrogen functional groups attached to an aromatic ring is 1. The fourth-order valence-corrected chi connectivity index (χ4v) is 2.39. The van der Waals surface area contributed by atoms with Gasteiger partial charge in [0.25, 0.3) is 5.91 Å². The van der Waals surface area contributed by atoms with Gasteiger partial charge in [0, 0.05) is 11.9 Å². The molecule has 0 saturated carbocycles. The summed E-state index contributed by atoms with van der Waals surface area (Å²) in [5, 5.41) is 23.6. The van der Waals surface area contributed by atoms with E-state index < -0.39 is 17.9 Å². The number of nitrogens with zero attached hydrogens (tertiary/aromatic N) is 1. The number of aliphatic carboxylic acids is 1. The standard InChI is InChI=1S/C15H17ClN4O3S/c1-24-5-4-13(15(22)23)20-14(21)9(7-17)8-19-12-3-2-10(18)6-11(12)16/h2-3,6,8,13,19H,4-5,18H2,1H3,(H,20,21)(H,22,23)/b9-8-. The Bertz CT molecular complexity index is 688. The predicted molar refractivity (Wildman–Crippen MR) is 95.7 cm³/mol. The van der Waals surface area contributed by atoms with E-state index in [1.165, 1.54) is 24.0 Å². The lowest BCUT2D eigenvalue weighted by atomic mass is 10.2. The molecular formula is C15H17ClN4O3S. The van der Waals surface area contributed by atoms with Crippen LogP contribution in [-0.4, -0.2) is 35.0 Å². The summed E-state index contributed by atoms with van der Waals surface area (Å²) in [5.74, 6) is -1.35. The maximum Gasteiger partial charge on any atom is 0.326 e. The first-order valence-corrected chi connectivity index (χ1v) is 8.60. The van der Waals surface area contributed by atoms with Gasteiger partial charge < -0.3 is 21.5 Å². The first-order valence-electron chi connectivity index (χ1n) is 6.83. The predicted octanol–water partition coefficient (Wildman–Crippen LogP) is 2.06. The fraction of sp³-hybridized carbons (Fsp3) is 0.267. The fourth-order valence-electron chi connectivity index (χ4n) is 1.68. The van der Waals surface area contributed by atoms with Gasteiger partial charge in [-0.1, -0.05) is 11.6 Å². The number of halogens is 1. The quantitative estimate of drug-likeness (QED) is 0.314. The van der Waals surface area contributed by atoms with E-state index in [0.29, 0.717) is 22.2 Å². The zero-order chi connectivity index (χ0) is 18.1. The van der Waals surface area contributed by atoms with Crippen molar-refractivity contribution in [2.24, 2.45) is 0 Å². The van der Waals surface area contributed by atoms with Crippen LogP contribution in [-0.2, 0) is 9.59 Å². The van der Waals surface area contributed by atoms with Crippen molar-refractivity contribution in [3.8, 4) is 6.07 Å². The normalized spacial score (nSPS) is 12.1.